The molecule has 2 saturated heterocycles. The molecule has 0 bridgehead atoms. The highest BCUT2D eigenvalue weighted by Crippen LogP contribution is 2.40. The van der Waals surface area contributed by atoms with Crippen molar-refractivity contribution in [2.24, 2.45) is 17.8 Å². The van der Waals surface area contributed by atoms with Gasteiger partial charge in [0.1, 0.15) is 0 Å². The fraction of sp³-hybridized carbons (Fsp3) is 0.781. The van der Waals surface area contributed by atoms with Crippen LogP contribution in [0.5, 0.6) is 0 Å². The summed E-state index contributed by atoms with van der Waals surface area (Å²) in [5.74, 6) is 6.30. The Morgan fingerprint density at radius 3 is 2.51 bits per heavy atom. The van der Waals surface area contributed by atoms with Crippen LogP contribution in [0.15, 0.2) is 24.3 Å². The number of ether oxygens (including phenoxy) is 5. The molecule has 7 heteroatoms. The first kappa shape index (κ1) is 31.8. The number of hydrogen-bond acceptors (Lipinski definition) is 7. The SMILES string of the molecule is CC#CCC(C)[C@@H](C=C[C@@H]1[C@@H](CC=CCCCC(=O)OC)[C@@H](O)C[C@H]1OC1CCCCO1)OC1CCCCO1. The predicted molar refractivity (Wildman–Crippen MR) is 151 cm³/mol. The second-order valence-corrected chi connectivity index (χ2v) is 11.1. The van der Waals surface area contributed by atoms with E-state index in [9.17, 15) is 9.90 Å². The lowest BCUT2D eigenvalue weighted by atomic mass is 9.88. The van der Waals surface area contributed by atoms with Crippen molar-refractivity contribution in [1.29, 1.82) is 0 Å². The van der Waals surface area contributed by atoms with Crippen molar-refractivity contribution >= 4 is 5.97 Å². The summed E-state index contributed by atoms with van der Waals surface area (Å²) in [4.78, 5) is 11.4. The zero-order valence-corrected chi connectivity index (χ0v) is 24.2. The van der Waals surface area contributed by atoms with Crippen LogP contribution in [0.2, 0.25) is 0 Å². The van der Waals surface area contributed by atoms with Gasteiger partial charge in [-0.15, -0.1) is 11.8 Å². The van der Waals surface area contributed by atoms with E-state index in [0.29, 0.717) is 12.8 Å². The second-order valence-electron chi connectivity index (χ2n) is 11.1. The molecule has 3 rings (SSSR count). The highest BCUT2D eigenvalue weighted by atomic mass is 16.7. The van der Waals surface area contributed by atoms with Crippen LogP contribution in [0.25, 0.3) is 0 Å². The monoisotopic (exact) mass is 546 g/mol. The number of methoxy groups -OCH3 is 1. The van der Waals surface area contributed by atoms with Crippen LogP contribution >= 0.6 is 0 Å². The van der Waals surface area contributed by atoms with E-state index in [1.165, 1.54) is 7.11 Å². The zero-order chi connectivity index (χ0) is 27.9. The summed E-state index contributed by atoms with van der Waals surface area (Å²) in [5, 5.41) is 11.1. The summed E-state index contributed by atoms with van der Waals surface area (Å²) in [7, 11) is 1.42. The van der Waals surface area contributed by atoms with Crippen molar-refractivity contribution in [2.75, 3.05) is 20.3 Å². The van der Waals surface area contributed by atoms with E-state index in [1.54, 1.807) is 0 Å². The van der Waals surface area contributed by atoms with Gasteiger partial charge in [-0.25, -0.2) is 0 Å². The Kier molecular flexibility index (Phi) is 14.6. The first-order valence-corrected chi connectivity index (χ1v) is 15.0. The number of hydrogen-bond donors (Lipinski definition) is 1. The highest BCUT2D eigenvalue weighted by Gasteiger charge is 2.42. The van der Waals surface area contributed by atoms with Crippen LogP contribution in [0.3, 0.4) is 0 Å². The molecule has 3 aliphatic rings. The Bertz CT molecular complexity index is 816. The van der Waals surface area contributed by atoms with Gasteiger partial charge in [-0.05, 0) is 76.5 Å². The third-order valence-electron chi connectivity index (χ3n) is 8.04. The maximum atomic E-state index is 11.4. The molecule has 2 aliphatic heterocycles. The van der Waals surface area contributed by atoms with Crippen molar-refractivity contribution in [1.82, 2.24) is 0 Å². The van der Waals surface area contributed by atoms with Gasteiger partial charge in [-0.3, -0.25) is 4.79 Å². The van der Waals surface area contributed by atoms with Crippen LogP contribution in [-0.2, 0) is 28.5 Å². The second kappa shape index (κ2) is 17.9. The highest BCUT2D eigenvalue weighted by molar-refractivity contribution is 5.69. The average molecular weight is 547 g/mol. The Balaban J connectivity index is 1.71. The van der Waals surface area contributed by atoms with E-state index in [0.717, 1.165) is 77.4 Å². The van der Waals surface area contributed by atoms with Gasteiger partial charge in [0, 0.05) is 38.4 Å². The van der Waals surface area contributed by atoms with Crippen molar-refractivity contribution < 1.29 is 33.6 Å². The topological polar surface area (TPSA) is 83.5 Å². The van der Waals surface area contributed by atoms with Gasteiger partial charge in [0.05, 0.1) is 25.4 Å². The molecule has 0 aromatic heterocycles. The van der Waals surface area contributed by atoms with Crippen LogP contribution < -0.4 is 0 Å². The van der Waals surface area contributed by atoms with Crippen molar-refractivity contribution in [3.05, 3.63) is 24.3 Å². The molecule has 2 heterocycles. The normalized spacial score (nSPS) is 31.2. The first-order chi connectivity index (χ1) is 19.0. The Labute approximate surface area is 235 Å². The van der Waals surface area contributed by atoms with Gasteiger partial charge < -0.3 is 28.8 Å². The van der Waals surface area contributed by atoms with E-state index in [-0.39, 0.29) is 48.5 Å². The standard InChI is InChI=1S/C32H50O7/c1-4-5-14-24(2)28(38-31-17-10-12-21-36-31)20-19-26-25(15-8-6-7-9-16-30(34)35-3)27(33)23-29(26)39-32-18-11-13-22-37-32/h6,8,19-20,24-29,31-33H,7,9-18,21-23H2,1-3H3/t24?,25-,26-,27+,28-,29-,31?,32?/m1/s1. The van der Waals surface area contributed by atoms with Crippen LogP contribution in [0.1, 0.15) is 90.9 Å². The minimum atomic E-state index is -0.461. The molecule has 3 fully saturated rings. The summed E-state index contributed by atoms with van der Waals surface area (Å²) < 4.78 is 29.4. The molecule has 3 unspecified atom stereocenters. The first-order valence-electron chi connectivity index (χ1n) is 15.0. The van der Waals surface area contributed by atoms with E-state index in [1.807, 2.05) is 6.92 Å². The van der Waals surface area contributed by atoms with Crippen molar-refractivity contribution in [2.45, 2.75) is 122 Å². The van der Waals surface area contributed by atoms with E-state index in [4.69, 9.17) is 23.7 Å². The third kappa shape index (κ3) is 11.0. The molecule has 1 saturated carbocycles. The minimum absolute atomic E-state index is 0.0315. The quantitative estimate of drug-likeness (QED) is 0.129. The molecule has 1 aliphatic carbocycles. The molecule has 0 aromatic rings. The molecule has 39 heavy (non-hydrogen) atoms. The number of allylic oxidation sites excluding steroid dienone is 2. The van der Waals surface area contributed by atoms with Gasteiger partial charge in [-0.1, -0.05) is 31.2 Å². The van der Waals surface area contributed by atoms with Gasteiger partial charge in [0.25, 0.3) is 0 Å². The summed E-state index contributed by atoms with van der Waals surface area (Å²) in [6, 6.07) is 0. The number of unbranched alkanes of at least 4 members (excludes halogenated alkanes) is 1. The lowest BCUT2D eigenvalue weighted by molar-refractivity contribution is -0.193. The maximum absolute atomic E-state index is 11.4. The Morgan fingerprint density at radius 1 is 1.10 bits per heavy atom. The number of rotatable bonds is 14. The fourth-order valence-electron chi connectivity index (χ4n) is 5.66. The lowest BCUT2D eigenvalue weighted by Crippen LogP contribution is -2.32. The molecule has 1 N–H and O–H groups in total. The Morgan fingerprint density at radius 2 is 1.85 bits per heavy atom. The van der Waals surface area contributed by atoms with Gasteiger partial charge >= 0.3 is 5.97 Å². The summed E-state index contributed by atoms with van der Waals surface area (Å²) in [5.41, 5.74) is 0. The average Bonchev–Trinajstić information content (AvgIpc) is 3.25. The van der Waals surface area contributed by atoms with Gasteiger partial charge in [0.15, 0.2) is 12.6 Å². The summed E-state index contributed by atoms with van der Waals surface area (Å²) in [6.45, 7) is 5.51. The van der Waals surface area contributed by atoms with Crippen LogP contribution in [0, 0.1) is 29.6 Å². The number of esters is 1. The maximum Gasteiger partial charge on any atom is 0.305 e. The molecular weight excluding hydrogens is 496 g/mol. The lowest BCUT2D eigenvalue weighted by Gasteiger charge is -2.31. The molecule has 0 spiro atoms. The van der Waals surface area contributed by atoms with Crippen molar-refractivity contribution in [3.63, 3.8) is 0 Å². The largest absolute Gasteiger partial charge is 0.469 e. The molecule has 220 valence electrons. The number of carbonyl (C=O) groups is 1. The van der Waals surface area contributed by atoms with Gasteiger partial charge in [-0.2, -0.15) is 0 Å². The fourth-order valence-corrected chi connectivity index (χ4v) is 5.66. The number of aliphatic hydroxyl groups excluding tert-OH is 1. The van der Waals surface area contributed by atoms with Crippen LogP contribution in [0.4, 0.5) is 0 Å². The van der Waals surface area contributed by atoms with Crippen LogP contribution in [-0.4, -0.2) is 62.3 Å². The molecule has 0 amide bonds. The van der Waals surface area contributed by atoms with E-state index >= 15 is 0 Å². The molecule has 8 atom stereocenters. The van der Waals surface area contributed by atoms with E-state index in [2.05, 4.69) is 43.1 Å². The van der Waals surface area contributed by atoms with Crippen molar-refractivity contribution in [3.8, 4) is 11.8 Å². The molecule has 0 aromatic carbocycles. The summed E-state index contributed by atoms with van der Waals surface area (Å²) >= 11 is 0. The molecule has 7 nitrogen and oxygen atoms in total. The summed E-state index contributed by atoms with van der Waals surface area (Å²) in [6.07, 6.45) is 17.7. The number of aliphatic hydroxyl groups is 1. The smallest absolute Gasteiger partial charge is 0.305 e. The van der Waals surface area contributed by atoms with Gasteiger partial charge in [0.2, 0.25) is 0 Å². The third-order valence-corrected chi connectivity index (χ3v) is 8.04. The zero-order valence-electron chi connectivity index (χ0n) is 24.2. The predicted octanol–water partition coefficient (Wildman–Crippen LogP) is 5.70. The Hall–Kier alpha value is -1.69. The molecule has 0 radical (unpaired) electrons. The minimum Gasteiger partial charge on any atom is -0.469 e. The number of carbonyl (C=O) groups excluding carboxylic acids is 1. The van der Waals surface area contributed by atoms with E-state index < -0.39 is 6.10 Å². The molecular formula is C32H50O7.